The summed E-state index contributed by atoms with van der Waals surface area (Å²) in [4.78, 5) is 38.8. The molecule has 0 saturated heterocycles. The zero-order valence-electron chi connectivity index (χ0n) is 26.0. The molecule has 4 rings (SSSR count). The number of carbonyl (C=O) groups is 3. The number of fused-ring (bicyclic) bond motifs is 5. The van der Waals surface area contributed by atoms with Gasteiger partial charge in [-0.05, 0) is 117 Å². The summed E-state index contributed by atoms with van der Waals surface area (Å²) in [5, 5.41) is 0. The van der Waals surface area contributed by atoms with Crippen LogP contribution in [0.15, 0.2) is 0 Å². The number of hydrogen-bond donors (Lipinski definition) is 1. The second-order valence-corrected chi connectivity index (χ2v) is 15.2. The summed E-state index contributed by atoms with van der Waals surface area (Å²) in [7, 11) is 0. The van der Waals surface area contributed by atoms with Crippen LogP contribution in [0.4, 0.5) is 0 Å². The van der Waals surface area contributed by atoms with Gasteiger partial charge in [0.25, 0.3) is 0 Å². The molecular weight excluding hydrogens is 486 g/mol. The van der Waals surface area contributed by atoms with Gasteiger partial charge < -0.3 is 10.5 Å². The van der Waals surface area contributed by atoms with Crippen molar-refractivity contribution in [2.24, 2.45) is 63.9 Å². The second-order valence-electron chi connectivity index (χ2n) is 15.2. The quantitative estimate of drug-likeness (QED) is 0.296. The SMILES string of the molecule is CCC(C)[C@H](CC(=O)[C@@H](N)CC(C)C)C(=O)O[C@@H]1CC[C@@]2(C)[C@@H](CC[C@@H]3[C@@H]2CC[C@]2(C)[C@@H](C(C)=O)CC[C@@H]32)C1. The summed E-state index contributed by atoms with van der Waals surface area (Å²) in [6, 6.07) is -0.502. The lowest BCUT2D eigenvalue weighted by atomic mass is 9.44. The van der Waals surface area contributed by atoms with Crippen LogP contribution in [0.25, 0.3) is 0 Å². The molecule has 0 spiro atoms. The molecule has 0 aromatic rings. The van der Waals surface area contributed by atoms with Crippen molar-refractivity contribution in [2.45, 2.75) is 138 Å². The van der Waals surface area contributed by atoms with Crippen molar-refractivity contribution in [2.75, 3.05) is 0 Å². The van der Waals surface area contributed by atoms with E-state index in [4.69, 9.17) is 10.5 Å². The van der Waals surface area contributed by atoms with E-state index in [1.54, 1.807) is 0 Å². The van der Waals surface area contributed by atoms with Gasteiger partial charge in [-0.25, -0.2) is 0 Å². The summed E-state index contributed by atoms with van der Waals surface area (Å²) in [6.07, 6.45) is 11.8. The standard InChI is InChI=1S/C34H57NO4/c1-8-21(4)26(19-31(37)30(35)17-20(2)3)32(38)39-24-13-15-33(6)23(18-24)9-10-25-28-12-11-27(22(5)36)34(28,7)16-14-29(25)33/h20-21,23-30H,8-19,35H2,1-7H3/t21?,23-,24+,25-,26-,27+,28-,29-,30-,33-,34+/m0/s1. The average molecular weight is 544 g/mol. The summed E-state index contributed by atoms with van der Waals surface area (Å²) in [6.45, 7) is 15.0. The highest BCUT2D eigenvalue weighted by atomic mass is 16.5. The number of ketones is 2. The number of esters is 1. The van der Waals surface area contributed by atoms with E-state index in [2.05, 4.69) is 41.5 Å². The minimum atomic E-state index is -0.502. The van der Waals surface area contributed by atoms with Crippen LogP contribution in [-0.2, 0) is 19.1 Å². The molecule has 11 atom stereocenters. The van der Waals surface area contributed by atoms with E-state index >= 15 is 0 Å². The van der Waals surface area contributed by atoms with Crippen molar-refractivity contribution in [1.82, 2.24) is 0 Å². The summed E-state index contributed by atoms with van der Waals surface area (Å²) in [5.74, 6) is 3.25. The second kappa shape index (κ2) is 11.9. The molecular formula is C34H57NO4. The maximum atomic E-state index is 13.5. The molecule has 1 unspecified atom stereocenters. The van der Waals surface area contributed by atoms with E-state index in [0.29, 0.717) is 35.4 Å². The van der Waals surface area contributed by atoms with Crippen LogP contribution in [-0.4, -0.2) is 29.7 Å². The van der Waals surface area contributed by atoms with Gasteiger partial charge in [-0.1, -0.05) is 48.0 Å². The molecule has 4 aliphatic rings. The Morgan fingerprint density at radius 1 is 0.923 bits per heavy atom. The van der Waals surface area contributed by atoms with E-state index < -0.39 is 12.0 Å². The first kappa shape index (κ1) is 30.7. The van der Waals surface area contributed by atoms with Crippen LogP contribution < -0.4 is 5.73 Å². The van der Waals surface area contributed by atoms with Crippen LogP contribution in [0.1, 0.15) is 126 Å². The van der Waals surface area contributed by atoms with Gasteiger partial charge in [0.1, 0.15) is 17.7 Å². The molecule has 2 N–H and O–H groups in total. The Labute approximate surface area is 238 Å². The van der Waals surface area contributed by atoms with Crippen LogP contribution in [0.5, 0.6) is 0 Å². The molecule has 39 heavy (non-hydrogen) atoms. The number of hydrogen-bond acceptors (Lipinski definition) is 5. The van der Waals surface area contributed by atoms with Crippen LogP contribution in [0.3, 0.4) is 0 Å². The van der Waals surface area contributed by atoms with Crippen LogP contribution >= 0.6 is 0 Å². The van der Waals surface area contributed by atoms with Crippen molar-refractivity contribution in [1.29, 1.82) is 0 Å². The average Bonchev–Trinajstić information content (AvgIpc) is 3.24. The number of Topliss-reactive ketones (excluding diaryl/α,β-unsaturated/α-hetero) is 2. The molecule has 0 heterocycles. The Morgan fingerprint density at radius 3 is 2.23 bits per heavy atom. The number of rotatable bonds is 10. The fraction of sp³-hybridized carbons (Fsp3) is 0.912. The van der Waals surface area contributed by atoms with Gasteiger partial charge in [0.05, 0.1) is 12.0 Å². The van der Waals surface area contributed by atoms with Gasteiger partial charge in [0.2, 0.25) is 0 Å². The van der Waals surface area contributed by atoms with Crippen molar-refractivity contribution < 1.29 is 19.1 Å². The Kier molecular flexibility index (Phi) is 9.41. The van der Waals surface area contributed by atoms with E-state index in [9.17, 15) is 14.4 Å². The van der Waals surface area contributed by atoms with Gasteiger partial charge in [-0.3, -0.25) is 14.4 Å². The molecule has 0 amide bonds. The molecule has 222 valence electrons. The maximum Gasteiger partial charge on any atom is 0.309 e. The van der Waals surface area contributed by atoms with Gasteiger partial charge in [0, 0.05) is 12.3 Å². The maximum absolute atomic E-state index is 13.5. The topological polar surface area (TPSA) is 86.5 Å². The minimum Gasteiger partial charge on any atom is -0.462 e. The lowest BCUT2D eigenvalue weighted by Gasteiger charge is -2.61. The predicted molar refractivity (Wildman–Crippen MR) is 156 cm³/mol. The first-order valence-corrected chi connectivity index (χ1v) is 16.3. The lowest BCUT2D eigenvalue weighted by Crippen LogP contribution is -2.54. The predicted octanol–water partition coefficient (Wildman–Crippen LogP) is 7.14. The molecule has 5 nitrogen and oxygen atoms in total. The van der Waals surface area contributed by atoms with Crippen LogP contribution in [0.2, 0.25) is 0 Å². The molecule has 4 aliphatic carbocycles. The Balaban J connectivity index is 1.39. The fourth-order valence-corrected chi connectivity index (χ4v) is 10.1. The molecule has 0 aromatic carbocycles. The molecule has 0 radical (unpaired) electrons. The highest BCUT2D eigenvalue weighted by molar-refractivity contribution is 5.88. The Morgan fingerprint density at radius 2 is 1.59 bits per heavy atom. The third-order valence-electron chi connectivity index (χ3n) is 12.6. The monoisotopic (exact) mass is 543 g/mol. The van der Waals surface area contributed by atoms with Crippen molar-refractivity contribution >= 4 is 17.5 Å². The normalized spacial score (nSPS) is 40.1. The Hall–Kier alpha value is -1.23. The first-order chi connectivity index (χ1) is 18.3. The zero-order valence-corrected chi connectivity index (χ0v) is 26.0. The molecule has 5 heteroatoms. The largest absolute Gasteiger partial charge is 0.462 e. The van der Waals surface area contributed by atoms with Gasteiger partial charge in [-0.15, -0.1) is 0 Å². The van der Waals surface area contributed by atoms with Gasteiger partial charge >= 0.3 is 5.97 Å². The summed E-state index contributed by atoms with van der Waals surface area (Å²) in [5.41, 5.74) is 6.68. The summed E-state index contributed by atoms with van der Waals surface area (Å²) >= 11 is 0. The van der Waals surface area contributed by atoms with Crippen molar-refractivity contribution in [3.05, 3.63) is 0 Å². The van der Waals surface area contributed by atoms with Gasteiger partial charge in [-0.2, -0.15) is 0 Å². The number of carbonyl (C=O) groups excluding carboxylic acids is 3. The Bertz CT molecular complexity index is 915. The molecule has 0 aliphatic heterocycles. The smallest absolute Gasteiger partial charge is 0.309 e. The van der Waals surface area contributed by atoms with E-state index in [0.717, 1.165) is 43.9 Å². The van der Waals surface area contributed by atoms with E-state index in [-0.39, 0.29) is 41.5 Å². The third-order valence-corrected chi connectivity index (χ3v) is 12.6. The van der Waals surface area contributed by atoms with Crippen LogP contribution in [0, 0.1) is 58.2 Å². The highest BCUT2D eigenvalue weighted by Gasteiger charge is 2.61. The van der Waals surface area contributed by atoms with Gasteiger partial charge in [0.15, 0.2) is 0 Å². The minimum absolute atomic E-state index is 0.0104. The summed E-state index contributed by atoms with van der Waals surface area (Å²) < 4.78 is 6.22. The molecule has 0 bridgehead atoms. The third kappa shape index (κ3) is 5.90. The number of ether oxygens (including phenoxy) is 1. The van der Waals surface area contributed by atoms with Crippen molar-refractivity contribution in [3.63, 3.8) is 0 Å². The lowest BCUT2D eigenvalue weighted by molar-refractivity contribution is -0.169. The fourth-order valence-electron chi connectivity index (χ4n) is 10.1. The van der Waals surface area contributed by atoms with E-state index in [1.165, 1.54) is 32.1 Å². The molecule has 4 saturated carbocycles. The highest BCUT2D eigenvalue weighted by Crippen LogP contribution is 2.67. The van der Waals surface area contributed by atoms with E-state index in [1.807, 2.05) is 6.92 Å². The zero-order chi connectivity index (χ0) is 28.7. The molecule has 4 fully saturated rings. The van der Waals surface area contributed by atoms with Crippen molar-refractivity contribution in [3.8, 4) is 0 Å². The molecule has 0 aromatic heterocycles. The number of nitrogens with two attached hydrogens (primary N) is 1. The first-order valence-electron chi connectivity index (χ1n) is 16.3.